The molecular weight excluding hydrogens is 386 g/mol. The first kappa shape index (κ1) is 20.7. The normalized spacial score (nSPS) is 12.2. The van der Waals surface area contributed by atoms with E-state index in [1.165, 1.54) is 16.5 Å². The Balaban J connectivity index is 1.91. The summed E-state index contributed by atoms with van der Waals surface area (Å²) in [6, 6.07) is 14.8. The smallest absolute Gasteiger partial charge is 0.173 e. The average molecular weight is 414 g/mol. The number of aromatic nitrogens is 1. The fourth-order valence-corrected chi connectivity index (χ4v) is 4.00. The monoisotopic (exact) mass is 413 g/mol. The van der Waals surface area contributed by atoms with Gasteiger partial charge in [-0.3, -0.25) is 0 Å². The van der Waals surface area contributed by atoms with E-state index in [9.17, 15) is 0 Å². The molecule has 0 spiro atoms. The Morgan fingerprint density at radius 3 is 2.64 bits per heavy atom. The Morgan fingerprint density at radius 2 is 1.93 bits per heavy atom. The highest BCUT2D eigenvalue weighted by molar-refractivity contribution is 7.80. The summed E-state index contributed by atoms with van der Waals surface area (Å²) in [6.07, 6.45) is 3.27. The van der Waals surface area contributed by atoms with Gasteiger partial charge in [-0.05, 0) is 68.7 Å². The van der Waals surface area contributed by atoms with Gasteiger partial charge in [-0.1, -0.05) is 42.8 Å². The molecule has 0 saturated carbocycles. The summed E-state index contributed by atoms with van der Waals surface area (Å²) < 4.78 is 2.30. The zero-order valence-electron chi connectivity index (χ0n) is 17.0. The van der Waals surface area contributed by atoms with Crippen LogP contribution in [0, 0.1) is 6.92 Å². The number of nitrogens with one attached hydrogen (secondary N) is 1. The van der Waals surface area contributed by atoms with Crippen molar-refractivity contribution in [2.75, 3.05) is 5.32 Å². The van der Waals surface area contributed by atoms with E-state index in [0.717, 1.165) is 40.9 Å². The number of thiocarbonyl (C=S) groups is 1. The van der Waals surface area contributed by atoms with Crippen molar-refractivity contribution in [2.45, 2.75) is 53.2 Å². The second-order valence-electron chi connectivity index (χ2n) is 7.19. The van der Waals surface area contributed by atoms with Crippen molar-refractivity contribution < 1.29 is 0 Å². The summed E-state index contributed by atoms with van der Waals surface area (Å²) >= 11 is 12.1. The van der Waals surface area contributed by atoms with Gasteiger partial charge in [-0.15, -0.1) is 0 Å². The standard InChI is InChI=1S/C23H28ClN3S/c1-5-16(3)27(23(28)25-21-12-9-11-20(24)17(21)4)15-18-14-26(6-2)22-13-8-7-10-19(18)22/h7-14,16H,5-6,15H2,1-4H3,(H,25,28)/t16-/m0/s1. The lowest BCUT2D eigenvalue weighted by atomic mass is 10.1. The zero-order chi connectivity index (χ0) is 20.3. The summed E-state index contributed by atoms with van der Waals surface area (Å²) in [5.74, 6) is 0. The molecular formula is C23H28ClN3S. The highest BCUT2D eigenvalue weighted by Crippen LogP contribution is 2.26. The molecule has 0 aliphatic carbocycles. The van der Waals surface area contributed by atoms with E-state index < -0.39 is 0 Å². The number of para-hydroxylation sites is 1. The number of benzene rings is 2. The van der Waals surface area contributed by atoms with E-state index >= 15 is 0 Å². The summed E-state index contributed by atoms with van der Waals surface area (Å²) in [4.78, 5) is 2.28. The lowest BCUT2D eigenvalue weighted by molar-refractivity contribution is 0.320. The minimum atomic E-state index is 0.322. The molecule has 0 radical (unpaired) electrons. The topological polar surface area (TPSA) is 20.2 Å². The van der Waals surface area contributed by atoms with Crippen LogP contribution in [0.4, 0.5) is 5.69 Å². The quantitative estimate of drug-likeness (QED) is 0.458. The lowest BCUT2D eigenvalue weighted by Gasteiger charge is -2.31. The highest BCUT2D eigenvalue weighted by atomic mass is 35.5. The zero-order valence-corrected chi connectivity index (χ0v) is 18.6. The molecule has 148 valence electrons. The van der Waals surface area contributed by atoms with Gasteiger partial charge in [0.25, 0.3) is 0 Å². The van der Waals surface area contributed by atoms with Gasteiger partial charge in [0, 0.05) is 46.9 Å². The van der Waals surface area contributed by atoms with Crippen LogP contribution in [0.5, 0.6) is 0 Å². The molecule has 0 saturated heterocycles. The van der Waals surface area contributed by atoms with Crippen molar-refractivity contribution in [1.29, 1.82) is 0 Å². The van der Waals surface area contributed by atoms with Gasteiger partial charge >= 0.3 is 0 Å². The Labute approximate surface area is 178 Å². The molecule has 1 aromatic heterocycles. The molecule has 0 aliphatic heterocycles. The Kier molecular flexibility index (Phi) is 6.63. The van der Waals surface area contributed by atoms with Crippen molar-refractivity contribution in [3.8, 4) is 0 Å². The number of halogens is 1. The fraction of sp³-hybridized carbons (Fsp3) is 0.348. The third kappa shape index (κ3) is 4.18. The second kappa shape index (κ2) is 8.97. The molecule has 0 unspecified atom stereocenters. The van der Waals surface area contributed by atoms with Crippen molar-refractivity contribution in [2.24, 2.45) is 0 Å². The predicted octanol–water partition coefficient (Wildman–Crippen LogP) is 6.62. The van der Waals surface area contributed by atoms with Gasteiger partial charge < -0.3 is 14.8 Å². The number of aryl methyl sites for hydroxylation is 1. The van der Waals surface area contributed by atoms with Crippen LogP contribution in [-0.4, -0.2) is 20.6 Å². The molecule has 3 aromatic rings. The van der Waals surface area contributed by atoms with E-state index in [0.29, 0.717) is 6.04 Å². The fourth-order valence-electron chi connectivity index (χ4n) is 3.47. The molecule has 1 heterocycles. The van der Waals surface area contributed by atoms with E-state index in [1.54, 1.807) is 0 Å². The summed E-state index contributed by atoms with van der Waals surface area (Å²) in [5.41, 5.74) is 4.54. The maximum atomic E-state index is 6.28. The lowest BCUT2D eigenvalue weighted by Crippen LogP contribution is -2.40. The minimum absolute atomic E-state index is 0.322. The molecule has 2 aromatic carbocycles. The number of nitrogens with zero attached hydrogens (tertiary/aromatic N) is 2. The summed E-state index contributed by atoms with van der Waals surface area (Å²) in [6.45, 7) is 10.3. The van der Waals surface area contributed by atoms with Gasteiger partial charge in [0.2, 0.25) is 0 Å². The van der Waals surface area contributed by atoms with Crippen molar-refractivity contribution in [1.82, 2.24) is 9.47 Å². The van der Waals surface area contributed by atoms with Crippen LogP contribution in [-0.2, 0) is 13.1 Å². The third-order valence-electron chi connectivity index (χ3n) is 5.45. The Hall–Kier alpha value is -2.04. The van der Waals surface area contributed by atoms with Gasteiger partial charge in [-0.2, -0.15) is 0 Å². The average Bonchev–Trinajstić information content (AvgIpc) is 3.06. The number of hydrogen-bond donors (Lipinski definition) is 1. The number of rotatable bonds is 6. The largest absolute Gasteiger partial charge is 0.347 e. The first-order chi connectivity index (χ1) is 13.5. The first-order valence-corrected chi connectivity index (χ1v) is 10.6. The molecule has 28 heavy (non-hydrogen) atoms. The van der Waals surface area contributed by atoms with Crippen LogP contribution < -0.4 is 5.32 Å². The summed E-state index contributed by atoms with van der Waals surface area (Å²) in [5, 5.41) is 6.19. The van der Waals surface area contributed by atoms with Crippen molar-refractivity contribution >= 4 is 45.5 Å². The number of anilines is 1. The van der Waals surface area contributed by atoms with E-state index in [-0.39, 0.29) is 0 Å². The molecule has 1 N–H and O–H groups in total. The van der Waals surface area contributed by atoms with Crippen LogP contribution in [0.1, 0.15) is 38.3 Å². The minimum Gasteiger partial charge on any atom is -0.347 e. The van der Waals surface area contributed by atoms with E-state index in [4.69, 9.17) is 23.8 Å². The number of fused-ring (bicyclic) bond motifs is 1. The molecule has 0 aliphatic rings. The van der Waals surface area contributed by atoms with Gasteiger partial charge in [-0.25, -0.2) is 0 Å². The molecule has 1 atom stereocenters. The SMILES string of the molecule is CC[C@H](C)N(Cc1cn(CC)c2ccccc12)C(=S)Nc1cccc(Cl)c1C. The maximum absolute atomic E-state index is 6.28. The third-order valence-corrected chi connectivity index (χ3v) is 6.19. The molecule has 0 bridgehead atoms. The predicted molar refractivity (Wildman–Crippen MR) is 125 cm³/mol. The Bertz CT molecular complexity index is 979. The molecule has 5 heteroatoms. The van der Waals surface area contributed by atoms with Crippen LogP contribution in [0.15, 0.2) is 48.7 Å². The van der Waals surface area contributed by atoms with Crippen LogP contribution in [0.2, 0.25) is 5.02 Å². The molecule has 0 amide bonds. The molecule has 0 fully saturated rings. The molecule has 3 rings (SSSR count). The first-order valence-electron chi connectivity index (χ1n) is 9.85. The molecule has 3 nitrogen and oxygen atoms in total. The van der Waals surface area contributed by atoms with Gasteiger partial charge in [0.1, 0.15) is 0 Å². The van der Waals surface area contributed by atoms with Crippen LogP contribution >= 0.6 is 23.8 Å². The van der Waals surface area contributed by atoms with Crippen LogP contribution in [0.25, 0.3) is 10.9 Å². The van der Waals surface area contributed by atoms with Crippen molar-refractivity contribution in [3.63, 3.8) is 0 Å². The highest BCUT2D eigenvalue weighted by Gasteiger charge is 2.19. The Morgan fingerprint density at radius 1 is 1.18 bits per heavy atom. The maximum Gasteiger partial charge on any atom is 0.173 e. The van der Waals surface area contributed by atoms with E-state index in [1.807, 2.05) is 25.1 Å². The van der Waals surface area contributed by atoms with Crippen molar-refractivity contribution in [3.05, 3.63) is 64.8 Å². The van der Waals surface area contributed by atoms with E-state index in [2.05, 4.69) is 66.0 Å². The summed E-state index contributed by atoms with van der Waals surface area (Å²) in [7, 11) is 0. The van der Waals surface area contributed by atoms with Crippen LogP contribution in [0.3, 0.4) is 0 Å². The number of hydrogen-bond acceptors (Lipinski definition) is 1. The van der Waals surface area contributed by atoms with Gasteiger partial charge in [0.15, 0.2) is 5.11 Å². The van der Waals surface area contributed by atoms with Gasteiger partial charge in [0.05, 0.1) is 0 Å². The second-order valence-corrected chi connectivity index (χ2v) is 7.98.